The molecule has 0 aliphatic heterocycles. The number of methoxy groups -OCH3 is 2. The molecular formula is C21H23NO3. The number of hydrogen-bond acceptors (Lipinski definition) is 3. The predicted molar refractivity (Wildman–Crippen MR) is 97.2 cm³/mol. The van der Waals surface area contributed by atoms with Crippen LogP contribution < -0.4 is 14.8 Å². The van der Waals surface area contributed by atoms with Crippen LogP contribution in [0.15, 0.2) is 36.4 Å². The van der Waals surface area contributed by atoms with Crippen molar-refractivity contribution in [2.45, 2.75) is 25.2 Å². The quantitative estimate of drug-likeness (QED) is 0.908. The van der Waals surface area contributed by atoms with Crippen molar-refractivity contribution in [3.63, 3.8) is 0 Å². The van der Waals surface area contributed by atoms with Crippen molar-refractivity contribution in [2.24, 2.45) is 5.92 Å². The van der Waals surface area contributed by atoms with E-state index in [-0.39, 0.29) is 11.3 Å². The number of carbonyl (C=O) groups excluding carboxylic acids is 1. The fraction of sp³-hybridized carbons (Fsp3) is 0.381. The van der Waals surface area contributed by atoms with Crippen molar-refractivity contribution in [1.29, 1.82) is 0 Å². The molecule has 2 aromatic carbocycles. The van der Waals surface area contributed by atoms with Gasteiger partial charge < -0.3 is 14.8 Å². The van der Waals surface area contributed by atoms with Gasteiger partial charge in [-0.3, -0.25) is 4.79 Å². The molecule has 1 saturated carbocycles. The molecule has 0 saturated heterocycles. The molecule has 2 aromatic rings. The first kappa shape index (κ1) is 16.0. The van der Waals surface area contributed by atoms with Gasteiger partial charge in [-0.05, 0) is 58.9 Å². The van der Waals surface area contributed by atoms with Crippen molar-refractivity contribution in [3.05, 3.63) is 47.5 Å². The molecule has 1 unspecified atom stereocenters. The molecule has 4 rings (SSSR count). The summed E-state index contributed by atoms with van der Waals surface area (Å²) in [6, 6.07) is 12.6. The van der Waals surface area contributed by atoms with Gasteiger partial charge >= 0.3 is 0 Å². The van der Waals surface area contributed by atoms with E-state index in [0.29, 0.717) is 18.9 Å². The van der Waals surface area contributed by atoms with Gasteiger partial charge in [0.05, 0.1) is 14.2 Å². The Hall–Kier alpha value is -2.49. The van der Waals surface area contributed by atoms with E-state index in [1.165, 1.54) is 22.3 Å². The normalized spacial score (nSPS) is 18.4. The van der Waals surface area contributed by atoms with Crippen LogP contribution in [0.2, 0.25) is 0 Å². The maximum Gasteiger partial charge on any atom is 0.219 e. The van der Waals surface area contributed by atoms with Crippen LogP contribution >= 0.6 is 0 Å². The smallest absolute Gasteiger partial charge is 0.219 e. The van der Waals surface area contributed by atoms with Gasteiger partial charge in [-0.2, -0.15) is 0 Å². The van der Waals surface area contributed by atoms with Gasteiger partial charge in [-0.25, -0.2) is 0 Å². The van der Waals surface area contributed by atoms with Crippen LogP contribution in [-0.2, 0) is 10.2 Å². The second kappa shape index (κ2) is 5.80. The van der Waals surface area contributed by atoms with Crippen molar-refractivity contribution < 1.29 is 14.3 Å². The molecule has 0 radical (unpaired) electrons. The highest BCUT2D eigenvalue weighted by molar-refractivity contribution is 5.84. The molecule has 1 fully saturated rings. The number of ether oxygens (including phenoxy) is 2. The molecule has 1 amide bonds. The van der Waals surface area contributed by atoms with Gasteiger partial charge in [0.25, 0.3) is 0 Å². The number of amides is 1. The van der Waals surface area contributed by atoms with Crippen LogP contribution in [0.4, 0.5) is 0 Å². The minimum absolute atomic E-state index is 0.0330. The Balaban J connectivity index is 1.77. The van der Waals surface area contributed by atoms with E-state index >= 15 is 0 Å². The molecule has 25 heavy (non-hydrogen) atoms. The zero-order valence-corrected chi connectivity index (χ0v) is 14.9. The Labute approximate surface area is 148 Å². The van der Waals surface area contributed by atoms with Crippen LogP contribution in [0.5, 0.6) is 11.5 Å². The van der Waals surface area contributed by atoms with Crippen LogP contribution in [0.1, 0.15) is 30.9 Å². The molecule has 130 valence electrons. The number of hydrogen-bond donors (Lipinski definition) is 1. The van der Waals surface area contributed by atoms with Gasteiger partial charge in [-0.1, -0.05) is 19.1 Å². The van der Waals surface area contributed by atoms with E-state index in [9.17, 15) is 4.79 Å². The number of nitrogens with one attached hydrogen (secondary N) is 1. The van der Waals surface area contributed by atoms with E-state index in [1.54, 1.807) is 14.2 Å². The third-order valence-electron chi connectivity index (χ3n) is 5.68. The van der Waals surface area contributed by atoms with Crippen molar-refractivity contribution in [1.82, 2.24) is 5.32 Å². The molecular weight excluding hydrogens is 314 g/mol. The highest BCUT2D eigenvalue weighted by Crippen LogP contribution is 2.66. The fourth-order valence-electron chi connectivity index (χ4n) is 4.25. The number of benzene rings is 2. The second-order valence-corrected chi connectivity index (χ2v) is 6.85. The SMILES string of the molecule is CCC(=O)NCC1CC12c1cc(OC)ccc1-c1ccc(OC)cc12. The largest absolute Gasteiger partial charge is 0.497 e. The molecule has 4 nitrogen and oxygen atoms in total. The maximum atomic E-state index is 11.7. The van der Waals surface area contributed by atoms with E-state index in [1.807, 2.05) is 19.1 Å². The van der Waals surface area contributed by atoms with Crippen molar-refractivity contribution >= 4 is 5.91 Å². The van der Waals surface area contributed by atoms with Crippen LogP contribution in [0.3, 0.4) is 0 Å². The molecule has 1 atom stereocenters. The Kier molecular flexibility index (Phi) is 3.71. The molecule has 0 bridgehead atoms. The molecule has 2 aliphatic rings. The summed E-state index contributed by atoms with van der Waals surface area (Å²) in [7, 11) is 3.40. The molecule has 0 aromatic heterocycles. The molecule has 1 spiro atoms. The zero-order valence-electron chi connectivity index (χ0n) is 14.9. The maximum absolute atomic E-state index is 11.7. The molecule has 0 heterocycles. The highest BCUT2D eigenvalue weighted by Gasteiger charge is 2.60. The summed E-state index contributed by atoms with van der Waals surface area (Å²) in [4.78, 5) is 11.7. The van der Waals surface area contributed by atoms with Crippen molar-refractivity contribution in [2.75, 3.05) is 20.8 Å². The Bertz CT molecular complexity index is 790. The van der Waals surface area contributed by atoms with E-state index in [4.69, 9.17) is 9.47 Å². The molecule has 1 N–H and O–H groups in total. The number of fused-ring (bicyclic) bond motifs is 5. The molecule has 4 heteroatoms. The van der Waals surface area contributed by atoms with Crippen LogP contribution in [0.25, 0.3) is 11.1 Å². The first-order valence-corrected chi connectivity index (χ1v) is 8.78. The number of rotatable bonds is 5. The van der Waals surface area contributed by atoms with Gasteiger partial charge in [-0.15, -0.1) is 0 Å². The third kappa shape index (κ3) is 2.31. The summed E-state index contributed by atoms with van der Waals surface area (Å²) in [5, 5.41) is 3.06. The number of carbonyl (C=O) groups is 1. The Morgan fingerprint density at radius 1 is 1.08 bits per heavy atom. The minimum Gasteiger partial charge on any atom is -0.497 e. The van der Waals surface area contributed by atoms with Crippen LogP contribution in [-0.4, -0.2) is 26.7 Å². The summed E-state index contributed by atoms with van der Waals surface area (Å²) in [6.07, 6.45) is 1.56. The standard InChI is InChI=1S/C21H23NO3/c1-4-20(23)22-12-13-11-21(13)18-9-14(24-2)5-7-16(18)17-8-6-15(25-3)10-19(17)21/h5-10,13H,4,11-12H2,1-3H3,(H,22,23). The lowest BCUT2D eigenvalue weighted by Gasteiger charge is -2.16. The topological polar surface area (TPSA) is 47.6 Å². The monoisotopic (exact) mass is 337 g/mol. The van der Waals surface area contributed by atoms with Gasteiger partial charge in [0, 0.05) is 18.4 Å². The van der Waals surface area contributed by atoms with Gasteiger partial charge in [0.15, 0.2) is 0 Å². The predicted octanol–water partition coefficient (Wildman–Crippen LogP) is 3.52. The van der Waals surface area contributed by atoms with E-state index in [0.717, 1.165) is 17.9 Å². The zero-order chi connectivity index (χ0) is 17.6. The summed E-state index contributed by atoms with van der Waals surface area (Å²) in [5.74, 6) is 2.27. The average molecular weight is 337 g/mol. The summed E-state index contributed by atoms with van der Waals surface area (Å²) in [6.45, 7) is 2.59. The Morgan fingerprint density at radius 2 is 1.64 bits per heavy atom. The highest BCUT2D eigenvalue weighted by atomic mass is 16.5. The minimum atomic E-state index is -0.0330. The first-order chi connectivity index (χ1) is 12.1. The Morgan fingerprint density at radius 3 is 2.12 bits per heavy atom. The van der Waals surface area contributed by atoms with E-state index in [2.05, 4.69) is 29.6 Å². The average Bonchev–Trinajstić information content (AvgIpc) is 3.33. The second-order valence-electron chi connectivity index (χ2n) is 6.85. The third-order valence-corrected chi connectivity index (χ3v) is 5.68. The van der Waals surface area contributed by atoms with E-state index < -0.39 is 0 Å². The first-order valence-electron chi connectivity index (χ1n) is 8.78. The van der Waals surface area contributed by atoms with Gasteiger partial charge in [0.2, 0.25) is 5.91 Å². The van der Waals surface area contributed by atoms with Gasteiger partial charge in [0.1, 0.15) is 11.5 Å². The fourth-order valence-corrected chi connectivity index (χ4v) is 4.25. The lowest BCUT2D eigenvalue weighted by atomic mass is 9.90. The summed E-state index contributed by atoms with van der Waals surface area (Å²) < 4.78 is 10.9. The van der Waals surface area contributed by atoms with Crippen molar-refractivity contribution in [3.8, 4) is 22.6 Å². The lowest BCUT2D eigenvalue weighted by Crippen LogP contribution is -2.27. The molecule has 2 aliphatic carbocycles. The summed E-state index contributed by atoms with van der Waals surface area (Å²) in [5.41, 5.74) is 5.12. The lowest BCUT2D eigenvalue weighted by molar-refractivity contribution is -0.120. The van der Waals surface area contributed by atoms with Crippen LogP contribution in [0, 0.1) is 5.92 Å². The summed E-state index contributed by atoms with van der Waals surface area (Å²) >= 11 is 0.